The molecule has 0 bridgehead atoms. The lowest BCUT2D eigenvalue weighted by molar-refractivity contribution is 0.565. The van der Waals surface area contributed by atoms with Gasteiger partial charge in [-0.25, -0.2) is 9.97 Å². The van der Waals surface area contributed by atoms with Crippen LogP contribution in [0.1, 0.15) is 24.8 Å². The molecule has 1 fully saturated rings. The Labute approximate surface area is 140 Å². The molecular weight excluding hydrogens is 302 g/mol. The first kappa shape index (κ1) is 14.8. The Bertz CT molecular complexity index is 824. The highest BCUT2D eigenvalue weighted by atomic mass is 16.3. The quantitative estimate of drug-likeness (QED) is 0.735. The van der Waals surface area contributed by atoms with Gasteiger partial charge in [0.2, 0.25) is 5.95 Å². The molecule has 1 saturated heterocycles. The average Bonchev–Trinajstić information content (AvgIpc) is 3.08. The standard InChI is InChI=1S/C18H19N5O/c1-13-11-24-12-15(13)17-14(16-10-19-5-6-20-16)9-21-18(22-17)23-7-3-2-4-8-23/h5-6,9-12H,2-4,7-8H2,1H3. The van der Waals surface area contributed by atoms with Gasteiger partial charge >= 0.3 is 0 Å². The molecule has 0 saturated carbocycles. The SMILES string of the molecule is Cc1cocc1-c1nc(N2CCCCC2)ncc1-c1cnccn1. The Morgan fingerprint density at radius 2 is 1.83 bits per heavy atom. The van der Waals surface area contributed by atoms with E-state index >= 15 is 0 Å². The highest BCUT2D eigenvalue weighted by molar-refractivity contribution is 5.79. The Balaban J connectivity index is 1.83. The average molecular weight is 321 g/mol. The van der Waals surface area contributed by atoms with Crippen LogP contribution in [0.5, 0.6) is 0 Å². The molecule has 0 radical (unpaired) electrons. The van der Waals surface area contributed by atoms with Crippen molar-refractivity contribution in [1.29, 1.82) is 0 Å². The van der Waals surface area contributed by atoms with Crippen molar-refractivity contribution in [3.63, 3.8) is 0 Å². The van der Waals surface area contributed by atoms with Crippen LogP contribution in [0.25, 0.3) is 22.5 Å². The summed E-state index contributed by atoms with van der Waals surface area (Å²) in [5, 5.41) is 0. The predicted molar refractivity (Wildman–Crippen MR) is 91.6 cm³/mol. The third-order valence-corrected chi connectivity index (χ3v) is 4.36. The summed E-state index contributed by atoms with van der Waals surface area (Å²) in [5.41, 5.74) is 4.49. The monoisotopic (exact) mass is 321 g/mol. The van der Waals surface area contributed by atoms with Gasteiger partial charge in [0.05, 0.1) is 30.1 Å². The fraction of sp³-hybridized carbons (Fsp3) is 0.333. The molecule has 1 aliphatic rings. The number of nitrogens with zero attached hydrogens (tertiary/aromatic N) is 5. The fourth-order valence-electron chi connectivity index (χ4n) is 3.05. The van der Waals surface area contributed by atoms with Crippen molar-refractivity contribution in [1.82, 2.24) is 19.9 Å². The molecule has 6 nitrogen and oxygen atoms in total. The maximum Gasteiger partial charge on any atom is 0.225 e. The lowest BCUT2D eigenvalue weighted by Gasteiger charge is -2.27. The highest BCUT2D eigenvalue weighted by Gasteiger charge is 2.19. The van der Waals surface area contributed by atoms with E-state index in [9.17, 15) is 0 Å². The lowest BCUT2D eigenvalue weighted by Crippen LogP contribution is -2.31. The number of hydrogen-bond acceptors (Lipinski definition) is 6. The summed E-state index contributed by atoms with van der Waals surface area (Å²) in [7, 11) is 0. The van der Waals surface area contributed by atoms with Crippen LogP contribution in [-0.2, 0) is 0 Å². The van der Waals surface area contributed by atoms with Gasteiger partial charge in [0.15, 0.2) is 0 Å². The number of piperidine rings is 1. The van der Waals surface area contributed by atoms with Gasteiger partial charge in [-0.3, -0.25) is 9.97 Å². The van der Waals surface area contributed by atoms with E-state index in [0.717, 1.165) is 47.1 Å². The molecule has 0 aliphatic carbocycles. The first-order valence-electron chi connectivity index (χ1n) is 8.24. The fourth-order valence-corrected chi connectivity index (χ4v) is 3.05. The summed E-state index contributed by atoms with van der Waals surface area (Å²) in [5.74, 6) is 0.776. The van der Waals surface area contributed by atoms with E-state index in [-0.39, 0.29) is 0 Å². The minimum atomic E-state index is 0.762. The van der Waals surface area contributed by atoms with E-state index in [1.807, 2.05) is 13.1 Å². The van der Waals surface area contributed by atoms with Gasteiger partial charge in [-0.05, 0) is 31.7 Å². The topological polar surface area (TPSA) is 67.9 Å². The zero-order valence-electron chi connectivity index (χ0n) is 13.6. The van der Waals surface area contributed by atoms with Crippen molar-refractivity contribution in [3.8, 4) is 22.5 Å². The van der Waals surface area contributed by atoms with E-state index in [4.69, 9.17) is 9.40 Å². The van der Waals surface area contributed by atoms with Gasteiger partial charge in [-0.15, -0.1) is 0 Å². The van der Waals surface area contributed by atoms with Crippen LogP contribution in [0.15, 0.2) is 41.7 Å². The summed E-state index contributed by atoms with van der Waals surface area (Å²) < 4.78 is 5.37. The molecule has 0 unspecified atom stereocenters. The van der Waals surface area contributed by atoms with Crippen LogP contribution in [0.3, 0.4) is 0 Å². The van der Waals surface area contributed by atoms with Crippen LogP contribution in [-0.4, -0.2) is 33.0 Å². The Morgan fingerprint density at radius 3 is 2.54 bits per heavy atom. The summed E-state index contributed by atoms with van der Waals surface area (Å²) in [4.78, 5) is 20.3. The summed E-state index contributed by atoms with van der Waals surface area (Å²) in [6, 6.07) is 0. The second kappa shape index (κ2) is 6.39. The van der Waals surface area contributed by atoms with Gasteiger partial charge in [-0.2, -0.15) is 0 Å². The third kappa shape index (κ3) is 2.75. The number of anilines is 1. The Morgan fingerprint density at radius 1 is 0.958 bits per heavy atom. The number of aromatic nitrogens is 4. The van der Waals surface area contributed by atoms with Crippen molar-refractivity contribution in [2.24, 2.45) is 0 Å². The maximum absolute atomic E-state index is 5.37. The summed E-state index contributed by atoms with van der Waals surface area (Å²) in [6.07, 6.45) is 14.1. The second-order valence-corrected chi connectivity index (χ2v) is 6.04. The van der Waals surface area contributed by atoms with Crippen molar-refractivity contribution in [2.75, 3.05) is 18.0 Å². The van der Waals surface area contributed by atoms with E-state index in [0.29, 0.717) is 0 Å². The van der Waals surface area contributed by atoms with Gasteiger partial charge in [0.1, 0.15) is 0 Å². The van der Waals surface area contributed by atoms with E-state index in [1.165, 1.54) is 19.3 Å². The zero-order valence-corrected chi connectivity index (χ0v) is 13.6. The van der Waals surface area contributed by atoms with Crippen LogP contribution >= 0.6 is 0 Å². The van der Waals surface area contributed by atoms with E-state index in [2.05, 4.69) is 19.9 Å². The molecule has 4 heterocycles. The smallest absolute Gasteiger partial charge is 0.225 e. The minimum absolute atomic E-state index is 0.762. The first-order chi connectivity index (χ1) is 11.8. The van der Waals surface area contributed by atoms with Crippen LogP contribution in [0, 0.1) is 6.92 Å². The molecule has 0 amide bonds. The Hall–Kier alpha value is -2.76. The molecule has 0 atom stereocenters. The first-order valence-corrected chi connectivity index (χ1v) is 8.24. The molecule has 3 aromatic heterocycles. The molecule has 122 valence electrons. The molecule has 3 aromatic rings. The number of aryl methyl sites for hydroxylation is 1. The van der Waals surface area contributed by atoms with E-state index in [1.54, 1.807) is 31.1 Å². The Kier molecular flexibility index (Phi) is 3.94. The molecule has 6 heteroatoms. The van der Waals surface area contributed by atoms with Crippen molar-refractivity contribution >= 4 is 5.95 Å². The highest BCUT2D eigenvalue weighted by Crippen LogP contribution is 2.32. The van der Waals surface area contributed by atoms with Gasteiger partial charge < -0.3 is 9.32 Å². The normalized spacial score (nSPS) is 14.8. The van der Waals surface area contributed by atoms with Crippen molar-refractivity contribution in [2.45, 2.75) is 26.2 Å². The van der Waals surface area contributed by atoms with Crippen molar-refractivity contribution in [3.05, 3.63) is 42.9 Å². The van der Waals surface area contributed by atoms with E-state index < -0.39 is 0 Å². The number of hydrogen-bond donors (Lipinski definition) is 0. The second-order valence-electron chi connectivity index (χ2n) is 6.04. The van der Waals surface area contributed by atoms with Crippen molar-refractivity contribution < 1.29 is 4.42 Å². The van der Waals surface area contributed by atoms with Gasteiger partial charge in [0, 0.05) is 42.8 Å². The minimum Gasteiger partial charge on any atom is -0.472 e. The molecule has 4 rings (SSSR count). The molecule has 0 N–H and O–H groups in total. The molecule has 0 spiro atoms. The maximum atomic E-state index is 5.37. The zero-order chi connectivity index (χ0) is 16.4. The summed E-state index contributed by atoms with van der Waals surface area (Å²) >= 11 is 0. The number of rotatable bonds is 3. The van der Waals surface area contributed by atoms with Crippen LogP contribution in [0.4, 0.5) is 5.95 Å². The van der Waals surface area contributed by atoms with Gasteiger partial charge in [-0.1, -0.05) is 0 Å². The third-order valence-electron chi connectivity index (χ3n) is 4.36. The van der Waals surface area contributed by atoms with Gasteiger partial charge in [0.25, 0.3) is 0 Å². The molecule has 24 heavy (non-hydrogen) atoms. The molecule has 1 aliphatic heterocycles. The largest absolute Gasteiger partial charge is 0.472 e. The van der Waals surface area contributed by atoms with Crippen LogP contribution < -0.4 is 4.90 Å². The van der Waals surface area contributed by atoms with Crippen LogP contribution in [0.2, 0.25) is 0 Å². The summed E-state index contributed by atoms with van der Waals surface area (Å²) in [6.45, 7) is 4.03. The molecular formula is C18H19N5O. The predicted octanol–water partition coefficient (Wildman–Crippen LogP) is 3.49. The number of furan rings is 1. The molecule has 0 aromatic carbocycles. The lowest BCUT2D eigenvalue weighted by atomic mass is 10.0.